The molecule has 0 aliphatic carbocycles. The van der Waals surface area contributed by atoms with Gasteiger partial charge in [0.05, 0.1) is 13.2 Å². The number of anilines is 1. The highest BCUT2D eigenvalue weighted by Gasteiger charge is 2.27. The molecule has 1 N–H and O–H groups in total. The van der Waals surface area contributed by atoms with Crippen LogP contribution in [0.25, 0.3) is 0 Å². The molecule has 23 heavy (non-hydrogen) atoms. The Kier molecular flexibility index (Phi) is 6.37. The lowest BCUT2D eigenvalue weighted by molar-refractivity contribution is -0.174. The predicted molar refractivity (Wildman–Crippen MR) is 78.0 cm³/mol. The third-order valence-electron chi connectivity index (χ3n) is 3.22. The van der Waals surface area contributed by atoms with Gasteiger partial charge in [0, 0.05) is 25.3 Å². The van der Waals surface area contributed by atoms with Gasteiger partial charge in [-0.15, -0.1) is 0 Å². The molecule has 0 aromatic heterocycles. The molecule has 0 bridgehead atoms. The number of benzene rings is 1. The molecule has 0 spiro atoms. The zero-order valence-corrected chi connectivity index (χ0v) is 12.6. The van der Waals surface area contributed by atoms with E-state index < -0.39 is 25.3 Å². The van der Waals surface area contributed by atoms with E-state index in [9.17, 15) is 18.0 Å². The van der Waals surface area contributed by atoms with E-state index in [4.69, 9.17) is 4.74 Å². The van der Waals surface area contributed by atoms with Crippen molar-refractivity contribution >= 4 is 11.6 Å². The molecule has 5 nitrogen and oxygen atoms in total. The summed E-state index contributed by atoms with van der Waals surface area (Å²) >= 11 is 0. The minimum Gasteiger partial charge on any atom is -0.379 e. The maximum absolute atomic E-state index is 11.9. The van der Waals surface area contributed by atoms with Crippen LogP contribution in [0.5, 0.6) is 0 Å². The van der Waals surface area contributed by atoms with Gasteiger partial charge in [-0.3, -0.25) is 9.69 Å². The molecule has 128 valence electrons. The molecule has 1 aromatic carbocycles. The summed E-state index contributed by atoms with van der Waals surface area (Å²) < 4.78 is 45.4. The van der Waals surface area contributed by atoms with Crippen LogP contribution >= 0.6 is 0 Å². The van der Waals surface area contributed by atoms with Crippen molar-refractivity contribution in [2.24, 2.45) is 0 Å². The van der Waals surface area contributed by atoms with Crippen molar-refractivity contribution in [3.63, 3.8) is 0 Å². The summed E-state index contributed by atoms with van der Waals surface area (Å²) in [5.74, 6) is -0.613. The minimum absolute atomic E-state index is 0.538. The number of alkyl halides is 3. The number of hydrogen-bond donors (Lipinski definition) is 1. The van der Waals surface area contributed by atoms with Gasteiger partial charge in [0.2, 0.25) is 5.91 Å². The highest BCUT2D eigenvalue weighted by molar-refractivity contribution is 5.91. The van der Waals surface area contributed by atoms with Crippen molar-refractivity contribution < 1.29 is 27.4 Å². The fourth-order valence-corrected chi connectivity index (χ4v) is 2.22. The van der Waals surface area contributed by atoms with Gasteiger partial charge in [-0.2, -0.15) is 13.2 Å². The van der Waals surface area contributed by atoms with Crippen LogP contribution in [0.1, 0.15) is 5.56 Å². The first-order valence-electron chi connectivity index (χ1n) is 7.26. The van der Waals surface area contributed by atoms with E-state index in [1.54, 1.807) is 18.2 Å². The van der Waals surface area contributed by atoms with Crippen LogP contribution < -0.4 is 5.32 Å². The summed E-state index contributed by atoms with van der Waals surface area (Å²) in [6.07, 6.45) is -4.43. The third kappa shape index (κ3) is 6.98. The molecule has 2 rings (SSSR count). The number of rotatable bonds is 6. The van der Waals surface area contributed by atoms with Gasteiger partial charge in [-0.1, -0.05) is 12.1 Å². The van der Waals surface area contributed by atoms with Crippen LogP contribution in [0, 0.1) is 0 Å². The molecule has 1 aliphatic heterocycles. The molecule has 1 fully saturated rings. The number of morpholine rings is 1. The molecule has 0 radical (unpaired) electrons. The van der Waals surface area contributed by atoms with Crippen LogP contribution in [0.15, 0.2) is 24.3 Å². The van der Waals surface area contributed by atoms with Crippen molar-refractivity contribution in [3.8, 4) is 0 Å². The van der Waals surface area contributed by atoms with Gasteiger partial charge in [-0.05, 0) is 17.7 Å². The quantitative estimate of drug-likeness (QED) is 0.866. The summed E-state index contributed by atoms with van der Waals surface area (Å²) in [5, 5.41) is 2.53. The molecule has 1 saturated heterocycles. The second kappa shape index (κ2) is 8.28. The first kappa shape index (κ1) is 17.7. The average Bonchev–Trinajstić information content (AvgIpc) is 2.47. The molecule has 8 heteroatoms. The Hall–Kier alpha value is -1.64. The number of carbonyl (C=O) groups excluding carboxylic acids is 1. The highest BCUT2D eigenvalue weighted by atomic mass is 19.4. The Balaban J connectivity index is 1.80. The lowest BCUT2D eigenvalue weighted by atomic mass is 10.2. The van der Waals surface area contributed by atoms with E-state index in [1.807, 2.05) is 6.07 Å². The first-order chi connectivity index (χ1) is 10.9. The highest BCUT2D eigenvalue weighted by Crippen LogP contribution is 2.15. The number of ether oxygens (including phenoxy) is 2. The fraction of sp³-hybridized carbons (Fsp3) is 0.533. The van der Waals surface area contributed by atoms with Gasteiger partial charge in [-0.25, -0.2) is 0 Å². The van der Waals surface area contributed by atoms with Gasteiger partial charge < -0.3 is 14.8 Å². The second-order valence-corrected chi connectivity index (χ2v) is 5.25. The topological polar surface area (TPSA) is 50.8 Å². The molecule has 1 amide bonds. The molecule has 0 atom stereocenters. The number of nitrogens with zero attached hydrogens (tertiary/aromatic N) is 1. The van der Waals surface area contributed by atoms with Crippen molar-refractivity contribution in [1.82, 2.24) is 4.90 Å². The lowest BCUT2D eigenvalue weighted by Crippen LogP contribution is -2.35. The van der Waals surface area contributed by atoms with Gasteiger partial charge in [0.25, 0.3) is 0 Å². The molecular formula is C15H19F3N2O3. The van der Waals surface area contributed by atoms with Crippen LogP contribution in [-0.4, -0.2) is 56.5 Å². The molecule has 0 unspecified atom stereocenters. The molecular weight excluding hydrogens is 313 g/mol. The Bertz CT molecular complexity index is 517. The van der Waals surface area contributed by atoms with Crippen molar-refractivity contribution in [1.29, 1.82) is 0 Å². The van der Waals surface area contributed by atoms with Gasteiger partial charge in [0.15, 0.2) is 0 Å². The van der Waals surface area contributed by atoms with Crippen molar-refractivity contribution in [2.75, 3.05) is 44.8 Å². The van der Waals surface area contributed by atoms with Crippen LogP contribution in [-0.2, 0) is 20.8 Å². The second-order valence-electron chi connectivity index (χ2n) is 5.25. The fourth-order valence-electron chi connectivity index (χ4n) is 2.22. The summed E-state index contributed by atoms with van der Waals surface area (Å²) in [6.45, 7) is 1.77. The lowest BCUT2D eigenvalue weighted by Gasteiger charge is -2.26. The number of nitrogens with one attached hydrogen (secondary N) is 1. The minimum atomic E-state index is -4.43. The van der Waals surface area contributed by atoms with E-state index in [-0.39, 0.29) is 0 Å². The number of carbonyl (C=O) groups is 1. The summed E-state index contributed by atoms with van der Waals surface area (Å²) in [5.41, 5.74) is 1.55. The Morgan fingerprint density at radius 2 is 2.04 bits per heavy atom. The van der Waals surface area contributed by atoms with Crippen LogP contribution in [0.3, 0.4) is 0 Å². The normalized spacial score (nSPS) is 16.3. The standard InChI is InChI=1S/C15H19F3N2O3/c16-15(17,18)11-23-10-14(21)19-13-3-1-2-12(8-13)9-20-4-6-22-7-5-20/h1-3,8H,4-7,9-11H2,(H,19,21). The Morgan fingerprint density at radius 3 is 2.74 bits per heavy atom. The van der Waals surface area contributed by atoms with Gasteiger partial charge in [0.1, 0.15) is 13.2 Å². The number of hydrogen-bond acceptors (Lipinski definition) is 4. The molecule has 1 aromatic rings. The Labute approximate surface area is 132 Å². The Morgan fingerprint density at radius 1 is 1.30 bits per heavy atom. The SMILES string of the molecule is O=C(COCC(F)(F)F)Nc1cccc(CN2CCOCC2)c1. The maximum atomic E-state index is 11.9. The predicted octanol–water partition coefficient (Wildman–Crippen LogP) is 2.04. The van der Waals surface area contributed by atoms with Crippen LogP contribution in [0.4, 0.5) is 18.9 Å². The maximum Gasteiger partial charge on any atom is 0.411 e. The smallest absolute Gasteiger partial charge is 0.379 e. The number of halogens is 3. The largest absolute Gasteiger partial charge is 0.411 e. The zero-order chi connectivity index (χ0) is 16.7. The first-order valence-corrected chi connectivity index (χ1v) is 7.26. The van der Waals surface area contributed by atoms with Crippen LogP contribution in [0.2, 0.25) is 0 Å². The third-order valence-corrected chi connectivity index (χ3v) is 3.22. The van der Waals surface area contributed by atoms with E-state index in [1.165, 1.54) is 0 Å². The average molecular weight is 332 g/mol. The number of amides is 1. The van der Waals surface area contributed by atoms with E-state index in [2.05, 4.69) is 15.0 Å². The summed E-state index contributed by atoms with van der Waals surface area (Å²) in [6, 6.07) is 7.22. The van der Waals surface area contributed by atoms with E-state index in [0.717, 1.165) is 25.2 Å². The summed E-state index contributed by atoms with van der Waals surface area (Å²) in [7, 11) is 0. The van der Waals surface area contributed by atoms with Gasteiger partial charge >= 0.3 is 6.18 Å². The molecule has 1 aliphatic rings. The van der Waals surface area contributed by atoms with E-state index >= 15 is 0 Å². The van der Waals surface area contributed by atoms with Crippen molar-refractivity contribution in [2.45, 2.75) is 12.7 Å². The monoisotopic (exact) mass is 332 g/mol. The molecule has 1 heterocycles. The summed E-state index contributed by atoms with van der Waals surface area (Å²) in [4.78, 5) is 13.8. The molecule has 0 saturated carbocycles. The van der Waals surface area contributed by atoms with E-state index in [0.29, 0.717) is 18.9 Å². The van der Waals surface area contributed by atoms with Crippen molar-refractivity contribution in [3.05, 3.63) is 29.8 Å². The zero-order valence-electron chi connectivity index (χ0n) is 12.6.